The van der Waals surface area contributed by atoms with Crippen LogP contribution in [0.15, 0.2) is 6.20 Å². The lowest BCUT2D eigenvalue weighted by Gasteiger charge is -2.26. The summed E-state index contributed by atoms with van der Waals surface area (Å²) in [5.41, 5.74) is -1.55. The van der Waals surface area contributed by atoms with E-state index in [0.717, 1.165) is 6.20 Å². The molecule has 1 fully saturated rings. The molecule has 2 rings (SSSR count). The summed E-state index contributed by atoms with van der Waals surface area (Å²) in [6, 6.07) is 0. The second-order valence-electron chi connectivity index (χ2n) is 3.56. The molecule has 1 N–H and O–H groups in total. The highest BCUT2D eigenvalue weighted by molar-refractivity contribution is 5.95. The third-order valence-electron chi connectivity index (χ3n) is 2.45. The molecular weight excluding hydrogens is 239 g/mol. The number of aromatic nitrogens is 2. The number of hydrogen-bond donors (Lipinski definition) is 1. The van der Waals surface area contributed by atoms with Crippen LogP contribution in [0.1, 0.15) is 16.1 Å². The fourth-order valence-corrected chi connectivity index (χ4v) is 1.60. The van der Waals surface area contributed by atoms with Crippen LogP contribution in [0.3, 0.4) is 0 Å². The average molecular weight is 249 g/mol. The van der Waals surface area contributed by atoms with E-state index < -0.39 is 23.3 Å². The molecule has 5 nitrogen and oxygen atoms in total. The summed E-state index contributed by atoms with van der Waals surface area (Å²) in [5, 5.41) is 5.09. The zero-order chi connectivity index (χ0) is 12.5. The van der Waals surface area contributed by atoms with Crippen molar-refractivity contribution in [3.63, 3.8) is 0 Å². The van der Waals surface area contributed by atoms with Crippen molar-refractivity contribution in [2.24, 2.45) is 0 Å². The van der Waals surface area contributed by atoms with Gasteiger partial charge in [0.25, 0.3) is 5.91 Å². The Morgan fingerprint density at radius 3 is 2.65 bits per heavy atom. The van der Waals surface area contributed by atoms with Gasteiger partial charge in [0.05, 0.1) is 25.0 Å². The molecule has 1 aromatic rings. The SMILES string of the molecule is O=C(c1cn[nH]c1C(F)(F)F)N1CCOCC1. The highest BCUT2D eigenvalue weighted by Crippen LogP contribution is 2.30. The number of carbonyl (C=O) groups is 1. The number of ether oxygens (including phenoxy) is 1. The molecule has 0 spiro atoms. The minimum absolute atomic E-state index is 0.293. The molecule has 8 heteroatoms. The van der Waals surface area contributed by atoms with E-state index >= 15 is 0 Å². The third-order valence-corrected chi connectivity index (χ3v) is 2.45. The van der Waals surface area contributed by atoms with Crippen molar-refractivity contribution >= 4 is 5.91 Å². The predicted octanol–water partition coefficient (Wildman–Crippen LogP) is 0.901. The molecule has 94 valence electrons. The summed E-state index contributed by atoms with van der Waals surface area (Å²) in [6.07, 6.45) is -3.70. The third kappa shape index (κ3) is 2.41. The molecule has 1 aromatic heterocycles. The maximum absolute atomic E-state index is 12.5. The monoisotopic (exact) mass is 249 g/mol. The Hall–Kier alpha value is -1.57. The molecule has 1 aliphatic heterocycles. The summed E-state index contributed by atoms with van der Waals surface area (Å²) >= 11 is 0. The minimum atomic E-state index is -4.60. The molecule has 17 heavy (non-hydrogen) atoms. The smallest absolute Gasteiger partial charge is 0.378 e. The molecule has 1 amide bonds. The first-order chi connectivity index (χ1) is 8.00. The van der Waals surface area contributed by atoms with Gasteiger partial charge < -0.3 is 9.64 Å². The Bertz CT molecular complexity index is 410. The maximum Gasteiger partial charge on any atom is 0.433 e. The van der Waals surface area contributed by atoms with E-state index in [1.54, 1.807) is 0 Å². The van der Waals surface area contributed by atoms with E-state index in [9.17, 15) is 18.0 Å². The van der Waals surface area contributed by atoms with Gasteiger partial charge in [-0.25, -0.2) is 0 Å². The molecular formula is C9H10F3N3O2. The molecule has 0 aromatic carbocycles. The predicted molar refractivity (Wildman–Crippen MR) is 50.3 cm³/mol. The molecule has 0 saturated carbocycles. The topological polar surface area (TPSA) is 58.2 Å². The standard InChI is InChI=1S/C9H10F3N3O2/c10-9(11,12)7-6(5-13-14-7)8(16)15-1-3-17-4-2-15/h5H,1-4H2,(H,13,14). The normalized spacial score (nSPS) is 17.2. The van der Waals surface area contributed by atoms with E-state index in [-0.39, 0.29) is 0 Å². The quantitative estimate of drug-likeness (QED) is 0.804. The Kier molecular flexibility index (Phi) is 3.05. The van der Waals surface area contributed by atoms with E-state index in [0.29, 0.717) is 26.3 Å². The number of H-pyrrole nitrogens is 1. The Labute approximate surface area is 94.5 Å². The zero-order valence-corrected chi connectivity index (χ0v) is 8.75. The van der Waals surface area contributed by atoms with Gasteiger partial charge in [-0.1, -0.05) is 0 Å². The van der Waals surface area contributed by atoms with Crippen molar-refractivity contribution < 1.29 is 22.7 Å². The number of nitrogens with one attached hydrogen (secondary N) is 1. The second kappa shape index (κ2) is 4.36. The van der Waals surface area contributed by atoms with Crippen molar-refractivity contribution in [2.45, 2.75) is 6.18 Å². The molecule has 1 aliphatic rings. The molecule has 0 radical (unpaired) electrons. The van der Waals surface area contributed by atoms with Crippen LogP contribution in [0.5, 0.6) is 0 Å². The number of aromatic amines is 1. The van der Waals surface area contributed by atoms with Gasteiger partial charge in [-0.05, 0) is 0 Å². The number of carbonyl (C=O) groups excluding carboxylic acids is 1. The number of alkyl halides is 3. The minimum Gasteiger partial charge on any atom is -0.378 e. The zero-order valence-electron chi connectivity index (χ0n) is 8.75. The average Bonchev–Trinajstić information content (AvgIpc) is 2.78. The summed E-state index contributed by atoms with van der Waals surface area (Å²) in [4.78, 5) is 13.2. The Balaban J connectivity index is 2.22. The van der Waals surface area contributed by atoms with Crippen LogP contribution in [0.2, 0.25) is 0 Å². The first kappa shape index (κ1) is 11.9. The van der Waals surface area contributed by atoms with Crippen molar-refractivity contribution in [1.82, 2.24) is 15.1 Å². The largest absolute Gasteiger partial charge is 0.433 e. The summed E-state index contributed by atoms with van der Waals surface area (Å²) in [7, 11) is 0. The number of morpholine rings is 1. The van der Waals surface area contributed by atoms with E-state index in [2.05, 4.69) is 5.10 Å². The van der Waals surface area contributed by atoms with Gasteiger partial charge in [-0.2, -0.15) is 18.3 Å². The Morgan fingerprint density at radius 2 is 2.06 bits per heavy atom. The van der Waals surface area contributed by atoms with Crippen LogP contribution in [-0.4, -0.2) is 47.3 Å². The van der Waals surface area contributed by atoms with E-state index in [1.165, 1.54) is 4.90 Å². The van der Waals surface area contributed by atoms with Crippen LogP contribution in [0, 0.1) is 0 Å². The van der Waals surface area contributed by atoms with Crippen LogP contribution in [0.25, 0.3) is 0 Å². The van der Waals surface area contributed by atoms with Crippen molar-refractivity contribution in [3.8, 4) is 0 Å². The van der Waals surface area contributed by atoms with Crippen LogP contribution in [-0.2, 0) is 10.9 Å². The van der Waals surface area contributed by atoms with Gasteiger partial charge in [0, 0.05) is 13.1 Å². The maximum atomic E-state index is 12.5. The number of amides is 1. The van der Waals surface area contributed by atoms with Gasteiger partial charge >= 0.3 is 6.18 Å². The van der Waals surface area contributed by atoms with Gasteiger partial charge in [-0.3, -0.25) is 9.89 Å². The highest BCUT2D eigenvalue weighted by Gasteiger charge is 2.38. The van der Waals surface area contributed by atoms with Gasteiger partial charge in [0.15, 0.2) is 5.69 Å². The molecule has 0 aliphatic carbocycles. The fraction of sp³-hybridized carbons (Fsp3) is 0.556. The van der Waals surface area contributed by atoms with Crippen molar-refractivity contribution in [1.29, 1.82) is 0 Å². The fourth-order valence-electron chi connectivity index (χ4n) is 1.60. The number of halogens is 3. The van der Waals surface area contributed by atoms with Gasteiger partial charge in [-0.15, -0.1) is 0 Å². The van der Waals surface area contributed by atoms with Crippen LogP contribution < -0.4 is 0 Å². The van der Waals surface area contributed by atoms with Gasteiger partial charge in [0.1, 0.15) is 0 Å². The highest BCUT2D eigenvalue weighted by atomic mass is 19.4. The van der Waals surface area contributed by atoms with Crippen molar-refractivity contribution in [2.75, 3.05) is 26.3 Å². The van der Waals surface area contributed by atoms with Crippen molar-refractivity contribution in [3.05, 3.63) is 17.5 Å². The first-order valence-corrected chi connectivity index (χ1v) is 4.97. The van der Waals surface area contributed by atoms with Crippen LogP contribution in [0.4, 0.5) is 13.2 Å². The lowest BCUT2D eigenvalue weighted by atomic mass is 10.2. The van der Waals surface area contributed by atoms with Gasteiger partial charge in [0.2, 0.25) is 0 Å². The van der Waals surface area contributed by atoms with Crippen LogP contribution >= 0.6 is 0 Å². The number of nitrogens with zero attached hydrogens (tertiary/aromatic N) is 2. The molecule has 1 saturated heterocycles. The summed E-state index contributed by atoms with van der Waals surface area (Å²) < 4.78 is 42.7. The second-order valence-corrected chi connectivity index (χ2v) is 3.56. The molecule has 0 unspecified atom stereocenters. The summed E-state index contributed by atoms with van der Waals surface area (Å²) in [6.45, 7) is 1.26. The molecule has 0 bridgehead atoms. The lowest BCUT2D eigenvalue weighted by molar-refractivity contribution is -0.141. The number of rotatable bonds is 1. The summed E-state index contributed by atoms with van der Waals surface area (Å²) in [5.74, 6) is -0.672. The van der Waals surface area contributed by atoms with E-state index in [4.69, 9.17) is 4.74 Å². The lowest BCUT2D eigenvalue weighted by Crippen LogP contribution is -2.41. The molecule has 2 heterocycles. The number of hydrogen-bond acceptors (Lipinski definition) is 3. The van der Waals surface area contributed by atoms with E-state index in [1.807, 2.05) is 5.10 Å². The Morgan fingerprint density at radius 1 is 1.41 bits per heavy atom. The molecule has 0 atom stereocenters. The first-order valence-electron chi connectivity index (χ1n) is 4.97.